The fraction of sp³-hybridized carbons (Fsp3) is 0.727. The van der Waals surface area contributed by atoms with Gasteiger partial charge in [-0.25, -0.2) is 4.98 Å². The highest BCUT2D eigenvalue weighted by atomic mass is 32.2. The highest BCUT2D eigenvalue weighted by Gasteiger charge is 2.05. The predicted octanol–water partition coefficient (Wildman–Crippen LogP) is 2.08. The molecule has 0 aliphatic heterocycles. The third kappa shape index (κ3) is 4.45. The number of nitrogens with one attached hydrogen (secondary N) is 1. The van der Waals surface area contributed by atoms with Gasteiger partial charge in [-0.15, -0.1) is 0 Å². The van der Waals surface area contributed by atoms with Crippen LogP contribution < -0.4 is 5.32 Å². The Morgan fingerprint density at radius 2 is 2.44 bits per heavy atom. The fourth-order valence-corrected chi connectivity index (χ4v) is 1.70. The molecule has 1 unspecified atom stereocenters. The van der Waals surface area contributed by atoms with Crippen LogP contribution in [0.1, 0.15) is 13.3 Å². The van der Waals surface area contributed by atoms with Gasteiger partial charge in [0, 0.05) is 44.4 Å². The lowest BCUT2D eigenvalue weighted by Gasteiger charge is -2.13. The van der Waals surface area contributed by atoms with Crippen molar-refractivity contribution < 1.29 is 4.74 Å². The first-order valence-corrected chi connectivity index (χ1v) is 6.83. The van der Waals surface area contributed by atoms with Crippen LogP contribution in [-0.2, 0) is 11.3 Å². The Bertz CT molecular complexity index is 291. The lowest BCUT2D eigenvalue weighted by atomic mass is 10.4. The maximum atomic E-state index is 5.00. The van der Waals surface area contributed by atoms with Gasteiger partial charge in [-0.2, -0.15) is 11.8 Å². The van der Waals surface area contributed by atoms with Gasteiger partial charge in [0.15, 0.2) is 0 Å². The van der Waals surface area contributed by atoms with Gasteiger partial charge >= 0.3 is 0 Å². The average Bonchev–Trinajstić information content (AvgIpc) is 2.72. The first kappa shape index (κ1) is 13.4. The Morgan fingerprint density at radius 1 is 1.62 bits per heavy atom. The number of rotatable bonds is 8. The number of imidazole rings is 1. The van der Waals surface area contributed by atoms with Gasteiger partial charge < -0.3 is 14.6 Å². The van der Waals surface area contributed by atoms with Gasteiger partial charge in [-0.05, 0) is 12.7 Å². The summed E-state index contributed by atoms with van der Waals surface area (Å²) in [6.07, 6.45) is 6.99. The Labute approximate surface area is 102 Å². The first-order valence-electron chi connectivity index (χ1n) is 5.54. The molecule has 0 spiro atoms. The van der Waals surface area contributed by atoms with Crippen LogP contribution in [0.4, 0.5) is 5.95 Å². The lowest BCUT2D eigenvalue weighted by molar-refractivity contribution is 0.197. The second-order valence-electron chi connectivity index (χ2n) is 3.72. The smallest absolute Gasteiger partial charge is 0.202 e. The van der Waals surface area contributed by atoms with Crippen molar-refractivity contribution in [2.24, 2.45) is 0 Å². The first-order chi connectivity index (χ1) is 7.77. The van der Waals surface area contributed by atoms with Crippen molar-refractivity contribution in [2.75, 3.05) is 31.8 Å². The highest BCUT2D eigenvalue weighted by Crippen LogP contribution is 2.12. The van der Waals surface area contributed by atoms with E-state index in [9.17, 15) is 0 Å². The SMILES string of the molecule is COCCCNc1nccn1CC(C)SC. The molecule has 0 fully saturated rings. The number of hydrogen-bond acceptors (Lipinski definition) is 4. The Hall–Kier alpha value is -0.680. The molecule has 4 nitrogen and oxygen atoms in total. The van der Waals surface area contributed by atoms with E-state index in [2.05, 4.69) is 28.0 Å². The van der Waals surface area contributed by atoms with Gasteiger partial charge in [0.1, 0.15) is 0 Å². The van der Waals surface area contributed by atoms with Crippen LogP contribution in [0.3, 0.4) is 0 Å². The van der Waals surface area contributed by atoms with Crippen molar-refractivity contribution in [3.63, 3.8) is 0 Å². The van der Waals surface area contributed by atoms with Gasteiger partial charge in [0.25, 0.3) is 0 Å². The molecule has 0 aliphatic rings. The molecule has 0 bridgehead atoms. The zero-order valence-electron chi connectivity index (χ0n) is 10.3. The third-order valence-corrected chi connectivity index (χ3v) is 3.33. The summed E-state index contributed by atoms with van der Waals surface area (Å²) >= 11 is 1.87. The number of anilines is 1. The number of ether oxygens (including phenoxy) is 1. The standard InChI is InChI=1S/C11H21N3OS/c1-10(16-3)9-14-7-6-13-11(14)12-5-4-8-15-2/h6-7,10H,4-5,8-9H2,1-3H3,(H,12,13). The number of hydrogen-bond donors (Lipinski definition) is 1. The number of aromatic nitrogens is 2. The van der Waals surface area contributed by atoms with Gasteiger partial charge in [0.05, 0.1) is 0 Å². The number of methoxy groups -OCH3 is 1. The maximum absolute atomic E-state index is 5.00. The van der Waals surface area contributed by atoms with Crippen molar-refractivity contribution in [3.05, 3.63) is 12.4 Å². The molecular formula is C11H21N3OS. The molecule has 1 aromatic rings. The molecule has 1 heterocycles. The van der Waals surface area contributed by atoms with E-state index in [0.717, 1.165) is 32.1 Å². The van der Waals surface area contributed by atoms with Crippen molar-refractivity contribution >= 4 is 17.7 Å². The van der Waals surface area contributed by atoms with E-state index in [1.54, 1.807) is 7.11 Å². The Kier molecular flexibility index (Phi) is 6.33. The number of nitrogens with zero attached hydrogens (tertiary/aromatic N) is 2. The third-order valence-electron chi connectivity index (χ3n) is 2.38. The molecule has 0 amide bonds. The van der Waals surface area contributed by atoms with E-state index >= 15 is 0 Å². The van der Waals surface area contributed by atoms with Gasteiger partial charge in [0.2, 0.25) is 5.95 Å². The molecule has 1 N–H and O–H groups in total. The summed E-state index contributed by atoms with van der Waals surface area (Å²) in [5.41, 5.74) is 0. The molecule has 0 aliphatic carbocycles. The summed E-state index contributed by atoms with van der Waals surface area (Å²) in [4.78, 5) is 4.30. The van der Waals surface area contributed by atoms with Crippen molar-refractivity contribution in [1.82, 2.24) is 9.55 Å². The zero-order chi connectivity index (χ0) is 11.8. The van der Waals surface area contributed by atoms with Crippen LogP contribution in [0.15, 0.2) is 12.4 Å². The fourth-order valence-electron chi connectivity index (χ4n) is 1.39. The van der Waals surface area contributed by atoms with Crippen LogP contribution in [0.25, 0.3) is 0 Å². The topological polar surface area (TPSA) is 39.1 Å². The molecule has 0 radical (unpaired) electrons. The molecular weight excluding hydrogens is 222 g/mol. The molecule has 1 atom stereocenters. The Balaban J connectivity index is 2.38. The maximum Gasteiger partial charge on any atom is 0.202 e. The van der Waals surface area contributed by atoms with E-state index < -0.39 is 0 Å². The highest BCUT2D eigenvalue weighted by molar-refractivity contribution is 7.99. The van der Waals surface area contributed by atoms with Crippen LogP contribution >= 0.6 is 11.8 Å². The average molecular weight is 243 g/mol. The largest absolute Gasteiger partial charge is 0.385 e. The van der Waals surface area contributed by atoms with Crippen LogP contribution in [0.2, 0.25) is 0 Å². The molecule has 92 valence electrons. The van der Waals surface area contributed by atoms with Crippen molar-refractivity contribution in [3.8, 4) is 0 Å². The monoisotopic (exact) mass is 243 g/mol. The van der Waals surface area contributed by atoms with Gasteiger partial charge in [-0.3, -0.25) is 0 Å². The van der Waals surface area contributed by atoms with Crippen molar-refractivity contribution in [2.45, 2.75) is 25.1 Å². The number of thioether (sulfide) groups is 1. The minimum Gasteiger partial charge on any atom is -0.385 e. The lowest BCUT2D eigenvalue weighted by Crippen LogP contribution is -2.14. The summed E-state index contributed by atoms with van der Waals surface area (Å²) in [5.74, 6) is 0.956. The molecule has 1 aromatic heterocycles. The molecule has 0 aromatic carbocycles. The van der Waals surface area contributed by atoms with E-state index in [4.69, 9.17) is 4.74 Å². The predicted molar refractivity (Wildman–Crippen MR) is 70.2 cm³/mol. The summed E-state index contributed by atoms with van der Waals surface area (Å²) in [5, 5.41) is 3.93. The molecule has 16 heavy (non-hydrogen) atoms. The van der Waals surface area contributed by atoms with Crippen molar-refractivity contribution in [1.29, 1.82) is 0 Å². The summed E-state index contributed by atoms with van der Waals surface area (Å²) in [6.45, 7) is 4.90. The minimum absolute atomic E-state index is 0.605. The Morgan fingerprint density at radius 3 is 3.12 bits per heavy atom. The van der Waals surface area contributed by atoms with E-state index in [0.29, 0.717) is 5.25 Å². The summed E-state index contributed by atoms with van der Waals surface area (Å²) in [6, 6.07) is 0. The van der Waals surface area contributed by atoms with Crippen LogP contribution in [0.5, 0.6) is 0 Å². The zero-order valence-corrected chi connectivity index (χ0v) is 11.1. The van der Waals surface area contributed by atoms with E-state index in [1.165, 1.54) is 0 Å². The van der Waals surface area contributed by atoms with Crippen LogP contribution in [0, 0.1) is 0 Å². The van der Waals surface area contributed by atoms with Crippen LogP contribution in [-0.4, -0.2) is 41.3 Å². The van der Waals surface area contributed by atoms with E-state index in [-0.39, 0.29) is 0 Å². The quantitative estimate of drug-likeness (QED) is 0.710. The van der Waals surface area contributed by atoms with Gasteiger partial charge in [-0.1, -0.05) is 6.92 Å². The molecule has 1 rings (SSSR count). The molecule has 0 saturated heterocycles. The van der Waals surface area contributed by atoms with E-state index in [1.807, 2.05) is 24.2 Å². The summed E-state index contributed by atoms with van der Waals surface area (Å²) in [7, 11) is 1.72. The normalized spacial score (nSPS) is 12.7. The molecule has 0 saturated carbocycles. The molecule has 5 heteroatoms. The minimum atomic E-state index is 0.605. The second kappa shape index (κ2) is 7.57. The summed E-state index contributed by atoms with van der Waals surface area (Å²) < 4.78 is 7.16. The second-order valence-corrected chi connectivity index (χ2v) is 5.00.